The number of hydrogen-bond acceptors (Lipinski definition) is 5. The minimum atomic E-state index is -0.374. The SMILES string of the molecule is COCCCNC(=O)CN1C(=O)c2cccnc2Oc2ccc(Cl)cc21. The fourth-order valence-corrected chi connectivity index (χ4v) is 2.75. The summed E-state index contributed by atoms with van der Waals surface area (Å²) >= 11 is 6.09. The Morgan fingerprint density at radius 1 is 1.38 bits per heavy atom. The maximum atomic E-state index is 13.0. The van der Waals surface area contributed by atoms with Gasteiger partial charge in [0.2, 0.25) is 11.8 Å². The number of rotatable bonds is 6. The van der Waals surface area contributed by atoms with Crippen LogP contribution >= 0.6 is 11.6 Å². The number of amides is 2. The van der Waals surface area contributed by atoms with Crippen molar-refractivity contribution in [3.8, 4) is 11.6 Å². The van der Waals surface area contributed by atoms with Gasteiger partial charge >= 0.3 is 0 Å². The largest absolute Gasteiger partial charge is 0.436 e. The normalized spacial score (nSPS) is 12.7. The molecule has 0 spiro atoms. The van der Waals surface area contributed by atoms with E-state index in [-0.39, 0.29) is 29.8 Å². The van der Waals surface area contributed by atoms with Crippen LogP contribution in [-0.4, -0.2) is 43.6 Å². The molecule has 7 nitrogen and oxygen atoms in total. The Morgan fingerprint density at radius 2 is 2.23 bits per heavy atom. The molecule has 8 heteroatoms. The van der Waals surface area contributed by atoms with Gasteiger partial charge in [-0.15, -0.1) is 0 Å². The molecular formula is C18H18ClN3O4. The predicted molar refractivity (Wildman–Crippen MR) is 96.9 cm³/mol. The zero-order valence-electron chi connectivity index (χ0n) is 14.2. The van der Waals surface area contributed by atoms with Gasteiger partial charge in [0.1, 0.15) is 12.1 Å². The Hall–Kier alpha value is -2.64. The number of anilines is 1. The minimum absolute atomic E-state index is 0.156. The van der Waals surface area contributed by atoms with Crippen molar-refractivity contribution < 1.29 is 19.1 Å². The molecule has 1 aromatic heterocycles. The predicted octanol–water partition coefficient (Wildman–Crippen LogP) is 2.64. The van der Waals surface area contributed by atoms with Crippen LogP contribution in [0.5, 0.6) is 11.6 Å². The molecule has 1 N–H and O–H groups in total. The summed E-state index contributed by atoms with van der Waals surface area (Å²) < 4.78 is 10.7. The second-order valence-electron chi connectivity index (χ2n) is 5.66. The van der Waals surface area contributed by atoms with Crippen LogP contribution in [0.3, 0.4) is 0 Å². The standard InChI is InChI=1S/C18H18ClN3O4/c1-25-9-3-8-20-16(23)11-22-14-10-12(19)5-6-15(14)26-17-13(18(22)24)4-2-7-21-17/h2,4-7,10H,3,8-9,11H2,1H3,(H,20,23). The van der Waals surface area contributed by atoms with E-state index in [0.29, 0.717) is 36.0 Å². The molecule has 0 saturated carbocycles. The first-order chi connectivity index (χ1) is 12.6. The molecule has 26 heavy (non-hydrogen) atoms. The highest BCUT2D eigenvalue weighted by atomic mass is 35.5. The van der Waals surface area contributed by atoms with Crippen molar-refractivity contribution in [2.45, 2.75) is 6.42 Å². The molecule has 2 heterocycles. The number of methoxy groups -OCH3 is 1. The summed E-state index contributed by atoms with van der Waals surface area (Å²) in [5, 5.41) is 3.21. The quantitative estimate of drug-likeness (QED) is 0.785. The smallest absolute Gasteiger partial charge is 0.264 e. The van der Waals surface area contributed by atoms with Crippen molar-refractivity contribution in [3.63, 3.8) is 0 Å². The Morgan fingerprint density at radius 3 is 3.04 bits per heavy atom. The highest BCUT2D eigenvalue weighted by Crippen LogP contribution is 2.39. The van der Waals surface area contributed by atoms with Gasteiger partial charge in [0, 0.05) is 31.5 Å². The molecule has 136 valence electrons. The summed E-state index contributed by atoms with van der Waals surface area (Å²) in [5.41, 5.74) is 0.708. The summed E-state index contributed by atoms with van der Waals surface area (Å²) in [6.45, 7) is 0.858. The van der Waals surface area contributed by atoms with Gasteiger partial charge in [0.05, 0.1) is 5.69 Å². The molecule has 0 radical (unpaired) electrons. The van der Waals surface area contributed by atoms with Gasteiger partial charge in [-0.05, 0) is 36.8 Å². The molecule has 0 unspecified atom stereocenters. The lowest BCUT2D eigenvalue weighted by Crippen LogP contribution is -2.41. The van der Waals surface area contributed by atoms with Gasteiger partial charge in [0.25, 0.3) is 5.91 Å². The van der Waals surface area contributed by atoms with Crippen LogP contribution in [0.15, 0.2) is 36.5 Å². The van der Waals surface area contributed by atoms with Crippen LogP contribution in [0.1, 0.15) is 16.8 Å². The summed E-state index contributed by atoms with van der Waals surface area (Å²) in [4.78, 5) is 30.8. The van der Waals surface area contributed by atoms with E-state index in [9.17, 15) is 9.59 Å². The third-order valence-corrected chi connectivity index (χ3v) is 4.05. The number of hydrogen-bond donors (Lipinski definition) is 1. The fraction of sp³-hybridized carbons (Fsp3) is 0.278. The number of benzene rings is 1. The van der Waals surface area contributed by atoms with Crippen LogP contribution < -0.4 is 15.0 Å². The van der Waals surface area contributed by atoms with Crippen molar-refractivity contribution in [1.29, 1.82) is 0 Å². The average molecular weight is 376 g/mol. The molecule has 1 aliphatic heterocycles. The lowest BCUT2D eigenvalue weighted by molar-refractivity contribution is -0.119. The lowest BCUT2D eigenvalue weighted by atomic mass is 10.2. The van der Waals surface area contributed by atoms with Gasteiger partial charge in [-0.1, -0.05) is 11.6 Å². The van der Waals surface area contributed by atoms with Crippen LogP contribution in [0, 0.1) is 0 Å². The molecule has 0 atom stereocenters. The highest BCUT2D eigenvalue weighted by molar-refractivity contribution is 6.31. The second kappa shape index (κ2) is 8.16. The van der Waals surface area contributed by atoms with E-state index >= 15 is 0 Å². The van der Waals surface area contributed by atoms with E-state index < -0.39 is 0 Å². The van der Waals surface area contributed by atoms with Gasteiger partial charge in [-0.2, -0.15) is 0 Å². The number of nitrogens with zero attached hydrogens (tertiary/aromatic N) is 2. The van der Waals surface area contributed by atoms with Crippen LogP contribution in [0.2, 0.25) is 5.02 Å². The van der Waals surface area contributed by atoms with Crippen molar-refractivity contribution in [1.82, 2.24) is 10.3 Å². The third kappa shape index (κ3) is 3.95. The first kappa shape index (κ1) is 18.2. The van der Waals surface area contributed by atoms with Gasteiger partial charge in [-0.25, -0.2) is 4.98 Å². The summed E-state index contributed by atoms with van der Waals surface area (Å²) in [6.07, 6.45) is 2.23. The van der Waals surface area contributed by atoms with E-state index in [2.05, 4.69) is 10.3 Å². The second-order valence-corrected chi connectivity index (χ2v) is 6.09. The van der Waals surface area contributed by atoms with Gasteiger partial charge in [-0.3, -0.25) is 14.5 Å². The first-order valence-electron chi connectivity index (χ1n) is 8.10. The highest BCUT2D eigenvalue weighted by Gasteiger charge is 2.30. The molecular weight excluding hydrogens is 358 g/mol. The monoisotopic (exact) mass is 375 g/mol. The molecule has 0 aliphatic carbocycles. The van der Waals surface area contributed by atoms with Crippen LogP contribution in [0.25, 0.3) is 0 Å². The number of fused-ring (bicyclic) bond motifs is 2. The summed E-state index contributed by atoms with van der Waals surface area (Å²) in [5.74, 6) is -0.0506. The van der Waals surface area contributed by atoms with Gasteiger partial charge < -0.3 is 14.8 Å². The van der Waals surface area contributed by atoms with Crippen molar-refractivity contribution in [2.75, 3.05) is 31.7 Å². The minimum Gasteiger partial charge on any atom is -0.436 e. The molecule has 0 saturated heterocycles. The number of ether oxygens (including phenoxy) is 2. The number of halogens is 1. The number of carbonyl (C=O) groups is 2. The molecule has 2 amide bonds. The molecule has 1 aliphatic rings. The topological polar surface area (TPSA) is 80.8 Å². The van der Waals surface area contributed by atoms with E-state index in [0.717, 1.165) is 0 Å². The molecule has 0 bridgehead atoms. The Labute approximate surface area is 155 Å². The van der Waals surface area contributed by atoms with E-state index in [4.69, 9.17) is 21.1 Å². The van der Waals surface area contributed by atoms with E-state index in [1.807, 2.05) is 0 Å². The van der Waals surface area contributed by atoms with Crippen LogP contribution in [0.4, 0.5) is 5.69 Å². The van der Waals surface area contributed by atoms with Crippen molar-refractivity contribution in [3.05, 3.63) is 47.1 Å². The summed E-state index contributed by atoms with van der Waals surface area (Å²) in [6, 6.07) is 8.16. The summed E-state index contributed by atoms with van der Waals surface area (Å²) in [7, 11) is 1.60. The maximum Gasteiger partial charge on any atom is 0.264 e. The van der Waals surface area contributed by atoms with Crippen molar-refractivity contribution in [2.24, 2.45) is 0 Å². The zero-order chi connectivity index (χ0) is 18.5. The van der Waals surface area contributed by atoms with Gasteiger partial charge in [0.15, 0.2) is 5.75 Å². The lowest BCUT2D eigenvalue weighted by Gasteiger charge is -2.21. The number of carbonyl (C=O) groups excluding carboxylic acids is 2. The molecule has 1 aromatic carbocycles. The number of nitrogens with one attached hydrogen (secondary N) is 1. The fourth-order valence-electron chi connectivity index (χ4n) is 2.58. The average Bonchev–Trinajstić information content (AvgIpc) is 2.75. The zero-order valence-corrected chi connectivity index (χ0v) is 15.0. The van der Waals surface area contributed by atoms with E-state index in [1.165, 1.54) is 4.90 Å². The Kier molecular flexibility index (Phi) is 5.70. The molecule has 3 rings (SSSR count). The molecule has 2 aromatic rings. The maximum absolute atomic E-state index is 13.0. The third-order valence-electron chi connectivity index (χ3n) is 3.81. The number of pyridine rings is 1. The van der Waals surface area contributed by atoms with E-state index in [1.54, 1.807) is 43.6 Å². The van der Waals surface area contributed by atoms with Crippen molar-refractivity contribution >= 4 is 29.1 Å². The Bertz CT molecular complexity index is 828. The molecule has 0 fully saturated rings. The Balaban J connectivity index is 1.88. The first-order valence-corrected chi connectivity index (χ1v) is 8.48. The van der Waals surface area contributed by atoms with Crippen LogP contribution in [-0.2, 0) is 9.53 Å². The number of aromatic nitrogens is 1.